The third-order valence-corrected chi connectivity index (χ3v) is 3.72. The van der Waals surface area contributed by atoms with Crippen LogP contribution in [0.15, 0.2) is 34.7 Å². The number of rotatable bonds is 5. The van der Waals surface area contributed by atoms with Crippen molar-refractivity contribution in [3.05, 3.63) is 36.2 Å². The summed E-state index contributed by atoms with van der Waals surface area (Å²) in [5.74, 6) is 0.0169. The topological polar surface area (TPSA) is 81.2 Å². The number of hydrogen-bond donors (Lipinski definition) is 1. The van der Waals surface area contributed by atoms with Gasteiger partial charge in [0.2, 0.25) is 5.89 Å². The van der Waals surface area contributed by atoms with E-state index in [0.29, 0.717) is 30.3 Å². The van der Waals surface area contributed by atoms with Crippen molar-refractivity contribution in [3.63, 3.8) is 0 Å². The third kappa shape index (κ3) is 2.26. The van der Waals surface area contributed by atoms with Crippen LogP contribution >= 0.6 is 0 Å². The van der Waals surface area contributed by atoms with Crippen LogP contribution in [0.2, 0.25) is 0 Å². The molecule has 2 aromatic heterocycles. The van der Waals surface area contributed by atoms with Gasteiger partial charge in [-0.15, -0.1) is 10.2 Å². The lowest BCUT2D eigenvalue weighted by Crippen LogP contribution is -2.18. The number of hydrogen-bond acceptors (Lipinski definition) is 4. The second-order valence-electron chi connectivity index (χ2n) is 5.08. The smallest absolute Gasteiger partial charge is 0.326 e. The van der Waals surface area contributed by atoms with Gasteiger partial charge in [-0.2, -0.15) is 0 Å². The van der Waals surface area contributed by atoms with E-state index in [2.05, 4.69) is 10.2 Å². The lowest BCUT2D eigenvalue weighted by Gasteiger charge is -2.16. The third-order valence-electron chi connectivity index (χ3n) is 3.72. The van der Waals surface area contributed by atoms with Gasteiger partial charge in [-0.05, 0) is 18.6 Å². The van der Waals surface area contributed by atoms with E-state index < -0.39 is 12.0 Å². The Bertz CT molecular complexity index is 819. The number of carboxylic acid groups (broad SMARTS) is 1. The van der Waals surface area contributed by atoms with Crippen LogP contribution in [0.5, 0.6) is 0 Å². The minimum absolute atomic E-state index is 0.354. The Kier molecular flexibility index (Phi) is 3.66. The van der Waals surface area contributed by atoms with Crippen LogP contribution in [-0.4, -0.2) is 25.8 Å². The molecule has 1 atom stereocenters. The first-order valence-electron chi connectivity index (χ1n) is 7.31. The van der Waals surface area contributed by atoms with Gasteiger partial charge in [0.25, 0.3) is 5.89 Å². The summed E-state index contributed by atoms with van der Waals surface area (Å²) < 4.78 is 7.40. The van der Waals surface area contributed by atoms with Crippen molar-refractivity contribution in [3.8, 4) is 11.6 Å². The van der Waals surface area contributed by atoms with Crippen LogP contribution < -0.4 is 0 Å². The Balaban J connectivity index is 2.26. The van der Waals surface area contributed by atoms with Gasteiger partial charge in [-0.3, -0.25) is 0 Å². The normalized spacial score (nSPS) is 12.6. The molecule has 0 amide bonds. The van der Waals surface area contributed by atoms with E-state index in [4.69, 9.17) is 4.42 Å². The molecule has 114 valence electrons. The maximum Gasteiger partial charge on any atom is 0.326 e. The van der Waals surface area contributed by atoms with E-state index in [1.54, 1.807) is 4.57 Å². The van der Waals surface area contributed by atoms with E-state index in [0.717, 1.165) is 10.9 Å². The molecule has 6 heteroatoms. The van der Waals surface area contributed by atoms with E-state index in [1.807, 2.05) is 44.2 Å². The van der Waals surface area contributed by atoms with Crippen molar-refractivity contribution in [2.24, 2.45) is 0 Å². The second kappa shape index (κ2) is 5.63. The quantitative estimate of drug-likeness (QED) is 0.781. The number of carbonyl (C=O) groups is 1. The van der Waals surface area contributed by atoms with E-state index in [-0.39, 0.29) is 0 Å². The average Bonchev–Trinajstić information content (AvgIpc) is 3.12. The van der Waals surface area contributed by atoms with Crippen molar-refractivity contribution in [1.29, 1.82) is 0 Å². The molecule has 0 aliphatic heterocycles. The molecule has 0 aliphatic carbocycles. The summed E-state index contributed by atoms with van der Waals surface area (Å²) in [4.78, 5) is 11.6. The molecule has 1 unspecified atom stereocenters. The van der Waals surface area contributed by atoms with Crippen LogP contribution in [0.3, 0.4) is 0 Å². The molecule has 0 spiro atoms. The minimum Gasteiger partial charge on any atom is -0.480 e. The standard InChI is InChI=1S/C16H17N3O3/c1-3-11(16(20)21)19-12-8-6-5-7-10(12)9-13(19)15-18-17-14(4-2)22-15/h5-9,11H,3-4H2,1-2H3,(H,20,21). The largest absolute Gasteiger partial charge is 0.480 e. The number of carboxylic acids is 1. The number of benzene rings is 1. The van der Waals surface area contributed by atoms with Gasteiger partial charge in [0, 0.05) is 17.3 Å². The summed E-state index contributed by atoms with van der Waals surface area (Å²) in [6.07, 6.45) is 1.11. The summed E-state index contributed by atoms with van der Waals surface area (Å²) in [5.41, 5.74) is 1.49. The molecule has 3 aromatic rings. The van der Waals surface area contributed by atoms with Gasteiger partial charge >= 0.3 is 5.97 Å². The molecule has 0 radical (unpaired) electrons. The predicted molar refractivity (Wildman–Crippen MR) is 81.6 cm³/mol. The van der Waals surface area contributed by atoms with Crippen molar-refractivity contribution < 1.29 is 14.3 Å². The lowest BCUT2D eigenvalue weighted by atomic mass is 10.2. The first kappa shape index (κ1) is 14.3. The molecule has 1 aromatic carbocycles. The number of fused-ring (bicyclic) bond motifs is 1. The Morgan fingerprint density at radius 2 is 2.09 bits per heavy atom. The van der Waals surface area contributed by atoms with Gasteiger partial charge < -0.3 is 14.1 Å². The minimum atomic E-state index is -0.875. The van der Waals surface area contributed by atoms with Crippen LogP contribution in [0.4, 0.5) is 0 Å². The second-order valence-corrected chi connectivity index (χ2v) is 5.08. The summed E-state index contributed by atoms with van der Waals surface area (Å²) >= 11 is 0. The zero-order valence-corrected chi connectivity index (χ0v) is 12.5. The first-order valence-corrected chi connectivity index (χ1v) is 7.31. The summed E-state index contributed by atoms with van der Waals surface area (Å²) in [5, 5.41) is 18.5. The molecular weight excluding hydrogens is 282 g/mol. The molecule has 2 heterocycles. The maximum absolute atomic E-state index is 11.6. The van der Waals surface area contributed by atoms with E-state index >= 15 is 0 Å². The van der Waals surface area contributed by atoms with Crippen LogP contribution in [0, 0.1) is 0 Å². The van der Waals surface area contributed by atoms with Crippen LogP contribution in [0.25, 0.3) is 22.5 Å². The molecule has 0 bridgehead atoms. The van der Waals surface area contributed by atoms with Crippen molar-refractivity contribution >= 4 is 16.9 Å². The number of para-hydroxylation sites is 1. The Hall–Kier alpha value is -2.63. The maximum atomic E-state index is 11.6. The predicted octanol–water partition coefficient (Wildman–Crippen LogP) is 3.29. The van der Waals surface area contributed by atoms with Crippen LogP contribution in [0.1, 0.15) is 32.2 Å². The Labute approximate surface area is 127 Å². The average molecular weight is 299 g/mol. The lowest BCUT2D eigenvalue weighted by molar-refractivity contribution is -0.140. The monoisotopic (exact) mass is 299 g/mol. The Morgan fingerprint density at radius 1 is 1.32 bits per heavy atom. The van der Waals surface area contributed by atoms with Crippen molar-refractivity contribution in [2.75, 3.05) is 0 Å². The number of aromatic nitrogens is 3. The molecule has 0 saturated heterocycles. The molecule has 0 aliphatic rings. The highest BCUT2D eigenvalue weighted by Gasteiger charge is 2.25. The van der Waals surface area contributed by atoms with E-state index in [9.17, 15) is 9.90 Å². The van der Waals surface area contributed by atoms with Gasteiger partial charge in [0.15, 0.2) is 0 Å². The molecule has 1 N–H and O–H groups in total. The molecule has 0 fully saturated rings. The first-order chi connectivity index (χ1) is 10.7. The highest BCUT2D eigenvalue weighted by molar-refractivity contribution is 5.88. The van der Waals surface area contributed by atoms with Gasteiger partial charge in [0.1, 0.15) is 11.7 Å². The van der Waals surface area contributed by atoms with Crippen molar-refractivity contribution in [2.45, 2.75) is 32.7 Å². The molecule has 0 saturated carbocycles. The highest BCUT2D eigenvalue weighted by Crippen LogP contribution is 2.32. The van der Waals surface area contributed by atoms with Gasteiger partial charge in [-0.1, -0.05) is 32.0 Å². The summed E-state index contributed by atoms with van der Waals surface area (Å²) in [6.45, 7) is 3.78. The fourth-order valence-electron chi connectivity index (χ4n) is 2.64. The fraction of sp³-hybridized carbons (Fsp3) is 0.312. The summed E-state index contributed by atoms with van der Waals surface area (Å²) in [6, 6.07) is 8.88. The SMILES string of the molecule is CCc1nnc(-c2cc3ccccc3n2C(CC)C(=O)O)o1. The molecule has 6 nitrogen and oxygen atoms in total. The van der Waals surface area contributed by atoms with E-state index in [1.165, 1.54) is 0 Å². The van der Waals surface area contributed by atoms with Gasteiger partial charge in [0.05, 0.1) is 0 Å². The number of aliphatic carboxylic acids is 1. The number of aryl methyl sites for hydroxylation is 1. The fourth-order valence-corrected chi connectivity index (χ4v) is 2.64. The zero-order valence-electron chi connectivity index (χ0n) is 12.5. The molecule has 22 heavy (non-hydrogen) atoms. The van der Waals surface area contributed by atoms with Gasteiger partial charge in [-0.25, -0.2) is 4.79 Å². The molecular formula is C16H17N3O3. The Morgan fingerprint density at radius 3 is 2.73 bits per heavy atom. The van der Waals surface area contributed by atoms with Crippen LogP contribution in [-0.2, 0) is 11.2 Å². The summed E-state index contributed by atoms with van der Waals surface area (Å²) in [7, 11) is 0. The zero-order chi connectivity index (χ0) is 15.7. The van der Waals surface area contributed by atoms with Crippen molar-refractivity contribution in [1.82, 2.24) is 14.8 Å². The number of nitrogens with zero attached hydrogens (tertiary/aromatic N) is 3. The highest BCUT2D eigenvalue weighted by atomic mass is 16.4. The molecule has 3 rings (SSSR count).